The number of ether oxygens (including phenoxy) is 1. The number of aromatic nitrogens is 4. The molecule has 0 N–H and O–H groups in total. The first kappa shape index (κ1) is 16.0. The predicted octanol–water partition coefficient (Wildman–Crippen LogP) is 3.91. The van der Waals surface area contributed by atoms with Crippen molar-refractivity contribution in [2.75, 3.05) is 7.11 Å². The lowest BCUT2D eigenvalue weighted by molar-refractivity contribution is 0.416. The van der Waals surface area contributed by atoms with Gasteiger partial charge in [-0.15, -0.1) is 22.6 Å². The van der Waals surface area contributed by atoms with Gasteiger partial charge in [-0.3, -0.25) is 4.98 Å². The fraction of sp³-hybridized carbons (Fsp3) is 0.0556. The van der Waals surface area contributed by atoms with Crippen molar-refractivity contribution >= 4 is 23.4 Å². The summed E-state index contributed by atoms with van der Waals surface area (Å²) in [4.78, 5) is 6.00. The average Bonchev–Trinajstić information content (AvgIpc) is 3.06. The fourth-order valence-corrected chi connectivity index (χ4v) is 2.51. The van der Waals surface area contributed by atoms with Crippen LogP contribution in [0.5, 0.6) is 5.75 Å². The second-order valence-electron chi connectivity index (χ2n) is 5.08. The van der Waals surface area contributed by atoms with Crippen LogP contribution in [0.25, 0.3) is 28.0 Å². The number of hydrogen-bond acceptors (Lipinski definition) is 4. The monoisotopic (exact) mass is 338 g/mol. The molecule has 0 aliphatic carbocycles. The normalized spacial score (nSPS) is 10.4. The van der Waals surface area contributed by atoms with Crippen LogP contribution in [0.15, 0.2) is 66.9 Å². The molecular weight excluding hydrogens is 324 g/mol. The Morgan fingerprint density at radius 3 is 2.21 bits per heavy atom. The highest BCUT2D eigenvalue weighted by Crippen LogP contribution is 2.30. The summed E-state index contributed by atoms with van der Waals surface area (Å²) in [6, 6.07) is 19.5. The Labute approximate surface area is 145 Å². The number of benzene rings is 2. The van der Waals surface area contributed by atoms with Gasteiger partial charge in [0.2, 0.25) is 0 Å². The van der Waals surface area contributed by atoms with E-state index in [4.69, 9.17) is 4.74 Å². The van der Waals surface area contributed by atoms with Crippen molar-refractivity contribution in [1.29, 1.82) is 0 Å². The SMILES string of the molecule is COc1cc(-n2nc3ccccc3n2)ccc1-c1ccccn1.Cl. The molecule has 0 bridgehead atoms. The lowest BCUT2D eigenvalue weighted by Crippen LogP contribution is -2.00. The molecule has 5 nitrogen and oxygen atoms in total. The third-order valence-corrected chi connectivity index (χ3v) is 3.64. The van der Waals surface area contributed by atoms with E-state index in [2.05, 4.69) is 15.2 Å². The van der Waals surface area contributed by atoms with Crippen molar-refractivity contribution in [3.05, 3.63) is 66.9 Å². The predicted molar refractivity (Wildman–Crippen MR) is 95.9 cm³/mol. The van der Waals surface area contributed by atoms with E-state index in [0.717, 1.165) is 33.7 Å². The van der Waals surface area contributed by atoms with E-state index in [-0.39, 0.29) is 12.4 Å². The van der Waals surface area contributed by atoms with Crippen LogP contribution in [0.4, 0.5) is 0 Å². The summed E-state index contributed by atoms with van der Waals surface area (Å²) in [5.74, 6) is 0.738. The van der Waals surface area contributed by atoms with Gasteiger partial charge < -0.3 is 4.74 Å². The lowest BCUT2D eigenvalue weighted by Gasteiger charge is -2.09. The van der Waals surface area contributed by atoms with Gasteiger partial charge in [0, 0.05) is 17.8 Å². The number of nitrogens with zero attached hydrogens (tertiary/aromatic N) is 4. The van der Waals surface area contributed by atoms with E-state index in [9.17, 15) is 0 Å². The molecule has 0 saturated carbocycles. The van der Waals surface area contributed by atoms with Crippen molar-refractivity contribution in [2.45, 2.75) is 0 Å². The number of pyridine rings is 1. The zero-order chi connectivity index (χ0) is 15.6. The fourth-order valence-electron chi connectivity index (χ4n) is 2.51. The molecule has 2 aromatic carbocycles. The van der Waals surface area contributed by atoms with E-state index in [1.165, 1.54) is 0 Å². The minimum absolute atomic E-state index is 0. The van der Waals surface area contributed by atoms with Gasteiger partial charge in [-0.1, -0.05) is 18.2 Å². The molecule has 0 atom stereocenters. The van der Waals surface area contributed by atoms with E-state index in [1.54, 1.807) is 18.1 Å². The van der Waals surface area contributed by atoms with E-state index >= 15 is 0 Å². The summed E-state index contributed by atoms with van der Waals surface area (Å²) in [5, 5.41) is 8.99. The zero-order valence-electron chi connectivity index (χ0n) is 13.0. The van der Waals surface area contributed by atoms with Crippen LogP contribution < -0.4 is 4.74 Å². The Kier molecular flexibility index (Phi) is 4.44. The molecule has 4 rings (SSSR count). The van der Waals surface area contributed by atoms with E-state index in [1.807, 2.05) is 60.7 Å². The summed E-state index contributed by atoms with van der Waals surface area (Å²) in [6.07, 6.45) is 1.77. The Hall–Kier alpha value is -2.92. The van der Waals surface area contributed by atoms with Gasteiger partial charge in [-0.05, 0) is 36.4 Å². The topological polar surface area (TPSA) is 52.8 Å². The van der Waals surface area contributed by atoms with Crippen LogP contribution in [0, 0.1) is 0 Å². The van der Waals surface area contributed by atoms with Gasteiger partial charge in [0.05, 0.1) is 18.5 Å². The zero-order valence-corrected chi connectivity index (χ0v) is 13.8. The Morgan fingerprint density at radius 1 is 0.875 bits per heavy atom. The summed E-state index contributed by atoms with van der Waals surface area (Å²) in [5.41, 5.74) is 4.38. The van der Waals surface area contributed by atoms with Crippen molar-refractivity contribution < 1.29 is 4.74 Å². The maximum absolute atomic E-state index is 5.53. The molecular formula is C18H15ClN4O. The smallest absolute Gasteiger partial charge is 0.130 e. The standard InChI is InChI=1S/C18H14N4O.ClH/c1-23-18-12-13(9-10-14(18)15-6-4-5-11-19-15)22-20-16-7-2-3-8-17(16)21-22;/h2-12H,1H3;1H. The van der Waals surface area contributed by atoms with Gasteiger partial charge in [0.1, 0.15) is 16.8 Å². The molecule has 6 heteroatoms. The van der Waals surface area contributed by atoms with Crippen LogP contribution >= 0.6 is 12.4 Å². The average molecular weight is 339 g/mol. The molecule has 0 aliphatic rings. The molecule has 2 aromatic heterocycles. The molecule has 0 radical (unpaired) electrons. The van der Waals surface area contributed by atoms with Crippen molar-refractivity contribution in [3.63, 3.8) is 0 Å². The molecule has 0 amide bonds. The largest absolute Gasteiger partial charge is 0.496 e. The quantitative estimate of drug-likeness (QED) is 0.568. The first-order chi connectivity index (χ1) is 11.3. The summed E-state index contributed by atoms with van der Waals surface area (Å²) in [6.45, 7) is 0. The van der Waals surface area contributed by atoms with Gasteiger partial charge in [0.25, 0.3) is 0 Å². The van der Waals surface area contributed by atoms with Gasteiger partial charge in [-0.25, -0.2) is 0 Å². The lowest BCUT2D eigenvalue weighted by atomic mass is 10.1. The second kappa shape index (κ2) is 6.68. The van der Waals surface area contributed by atoms with Crippen LogP contribution in [0.1, 0.15) is 0 Å². The molecule has 0 aliphatic heterocycles. The Balaban J connectivity index is 0.00000169. The molecule has 2 heterocycles. The molecule has 4 aromatic rings. The second-order valence-corrected chi connectivity index (χ2v) is 5.08. The number of halogens is 1. The van der Waals surface area contributed by atoms with Crippen molar-refractivity contribution in [2.24, 2.45) is 0 Å². The highest BCUT2D eigenvalue weighted by molar-refractivity contribution is 5.85. The molecule has 0 unspecified atom stereocenters. The molecule has 0 saturated heterocycles. The van der Waals surface area contributed by atoms with Gasteiger partial charge in [-0.2, -0.15) is 4.80 Å². The summed E-state index contributed by atoms with van der Waals surface area (Å²) >= 11 is 0. The van der Waals surface area contributed by atoms with Gasteiger partial charge in [0.15, 0.2) is 0 Å². The maximum Gasteiger partial charge on any atom is 0.130 e. The first-order valence-corrected chi connectivity index (χ1v) is 7.27. The number of rotatable bonds is 3. The van der Waals surface area contributed by atoms with Crippen LogP contribution in [0.3, 0.4) is 0 Å². The molecule has 24 heavy (non-hydrogen) atoms. The van der Waals surface area contributed by atoms with Crippen molar-refractivity contribution in [3.8, 4) is 22.7 Å². The third-order valence-electron chi connectivity index (χ3n) is 3.64. The minimum Gasteiger partial charge on any atom is -0.496 e. The van der Waals surface area contributed by atoms with Crippen LogP contribution in [-0.4, -0.2) is 27.1 Å². The van der Waals surface area contributed by atoms with Crippen LogP contribution in [0.2, 0.25) is 0 Å². The molecule has 120 valence electrons. The number of hydrogen-bond donors (Lipinski definition) is 0. The minimum atomic E-state index is 0. The highest BCUT2D eigenvalue weighted by atomic mass is 35.5. The maximum atomic E-state index is 5.53. The highest BCUT2D eigenvalue weighted by Gasteiger charge is 2.10. The van der Waals surface area contributed by atoms with E-state index in [0.29, 0.717) is 0 Å². The summed E-state index contributed by atoms with van der Waals surface area (Å²) in [7, 11) is 1.65. The van der Waals surface area contributed by atoms with E-state index < -0.39 is 0 Å². The third kappa shape index (κ3) is 2.81. The number of methoxy groups -OCH3 is 1. The van der Waals surface area contributed by atoms with Crippen molar-refractivity contribution in [1.82, 2.24) is 20.0 Å². The molecule has 0 spiro atoms. The molecule has 0 fully saturated rings. The van der Waals surface area contributed by atoms with Crippen LogP contribution in [-0.2, 0) is 0 Å². The Bertz CT molecular complexity index is 936. The number of fused-ring (bicyclic) bond motifs is 1. The first-order valence-electron chi connectivity index (χ1n) is 7.27. The van der Waals surface area contributed by atoms with Gasteiger partial charge >= 0.3 is 0 Å². The summed E-state index contributed by atoms with van der Waals surface area (Å²) < 4.78 is 5.53. The Morgan fingerprint density at radius 2 is 1.58 bits per heavy atom.